The van der Waals surface area contributed by atoms with Gasteiger partial charge in [-0.15, -0.1) is 0 Å². The van der Waals surface area contributed by atoms with E-state index in [1.807, 2.05) is 26.0 Å². The second-order valence-corrected chi connectivity index (χ2v) is 5.72. The first-order chi connectivity index (χ1) is 9.38. The van der Waals surface area contributed by atoms with E-state index < -0.39 is 5.82 Å². The molecule has 0 aromatic heterocycles. The van der Waals surface area contributed by atoms with Crippen LogP contribution in [0.4, 0.5) is 4.39 Å². The Bertz CT molecular complexity index is 665. The largest absolute Gasteiger partial charge is 0.454 e. The van der Waals surface area contributed by atoms with Crippen LogP contribution >= 0.6 is 28.1 Å². The van der Waals surface area contributed by atoms with E-state index in [1.165, 1.54) is 12.1 Å². The SMILES string of the molecule is Cc1cc(Oc2ccc(C(N)=S)cc2F)cc(C)c1Br. The summed E-state index contributed by atoms with van der Waals surface area (Å²) >= 11 is 8.29. The van der Waals surface area contributed by atoms with Gasteiger partial charge in [-0.05, 0) is 55.3 Å². The molecule has 0 spiro atoms. The fourth-order valence-corrected chi connectivity index (χ4v) is 2.18. The summed E-state index contributed by atoms with van der Waals surface area (Å²) in [5, 5.41) is 0. The number of hydrogen-bond donors (Lipinski definition) is 1. The lowest BCUT2D eigenvalue weighted by atomic mass is 10.1. The molecule has 0 atom stereocenters. The monoisotopic (exact) mass is 353 g/mol. The summed E-state index contributed by atoms with van der Waals surface area (Å²) in [6.07, 6.45) is 0. The van der Waals surface area contributed by atoms with Crippen LogP contribution in [0.15, 0.2) is 34.8 Å². The van der Waals surface area contributed by atoms with Crippen LogP contribution in [-0.2, 0) is 0 Å². The van der Waals surface area contributed by atoms with E-state index in [-0.39, 0.29) is 10.7 Å². The standard InChI is InChI=1S/C15H13BrFNOS/c1-8-5-11(6-9(2)14(8)16)19-13-4-3-10(15(18)20)7-12(13)17/h3-7H,1-2H3,(H2,18,20). The minimum Gasteiger partial charge on any atom is -0.454 e. The van der Waals surface area contributed by atoms with Gasteiger partial charge >= 0.3 is 0 Å². The number of thiocarbonyl (C=S) groups is 1. The zero-order valence-electron chi connectivity index (χ0n) is 11.0. The van der Waals surface area contributed by atoms with Gasteiger partial charge in [-0.25, -0.2) is 4.39 Å². The van der Waals surface area contributed by atoms with Crippen molar-refractivity contribution in [1.29, 1.82) is 0 Å². The van der Waals surface area contributed by atoms with Crippen LogP contribution in [0.3, 0.4) is 0 Å². The van der Waals surface area contributed by atoms with Gasteiger partial charge in [0.25, 0.3) is 0 Å². The normalized spacial score (nSPS) is 10.4. The lowest BCUT2D eigenvalue weighted by molar-refractivity contribution is 0.441. The summed E-state index contributed by atoms with van der Waals surface area (Å²) in [4.78, 5) is 0.158. The molecule has 0 aliphatic heterocycles. The predicted molar refractivity (Wildman–Crippen MR) is 86.0 cm³/mol. The van der Waals surface area contributed by atoms with Crippen molar-refractivity contribution in [2.45, 2.75) is 13.8 Å². The maximum atomic E-state index is 13.9. The number of ether oxygens (including phenoxy) is 1. The molecule has 0 fully saturated rings. The van der Waals surface area contributed by atoms with E-state index in [9.17, 15) is 4.39 Å². The van der Waals surface area contributed by atoms with Crippen molar-refractivity contribution in [3.05, 3.63) is 57.3 Å². The third kappa shape index (κ3) is 3.16. The van der Waals surface area contributed by atoms with Crippen molar-refractivity contribution in [3.8, 4) is 11.5 Å². The number of aryl methyl sites for hydroxylation is 2. The highest BCUT2D eigenvalue weighted by Gasteiger charge is 2.09. The van der Waals surface area contributed by atoms with Gasteiger partial charge in [0, 0.05) is 10.0 Å². The molecule has 0 aliphatic rings. The summed E-state index contributed by atoms with van der Waals surface area (Å²) in [5.74, 6) is 0.241. The average Bonchev–Trinajstić information content (AvgIpc) is 2.38. The lowest BCUT2D eigenvalue weighted by Gasteiger charge is -2.11. The van der Waals surface area contributed by atoms with Gasteiger partial charge in [-0.2, -0.15) is 0 Å². The second-order valence-electron chi connectivity index (χ2n) is 4.48. The highest BCUT2D eigenvalue weighted by Crippen LogP contribution is 2.30. The number of nitrogens with two attached hydrogens (primary N) is 1. The van der Waals surface area contributed by atoms with Crippen LogP contribution in [-0.4, -0.2) is 4.99 Å². The number of hydrogen-bond acceptors (Lipinski definition) is 2. The molecule has 0 radical (unpaired) electrons. The van der Waals surface area contributed by atoms with Crippen LogP contribution < -0.4 is 10.5 Å². The quantitative estimate of drug-likeness (QED) is 0.817. The Kier molecular flexibility index (Phi) is 4.40. The van der Waals surface area contributed by atoms with E-state index in [2.05, 4.69) is 15.9 Å². The van der Waals surface area contributed by atoms with E-state index in [4.69, 9.17) is 22.7 Å². The van der Waals surface area contributed by atoms with Gasteiger partial charge < -0.3 is 10.5 Å². The van der Waals surface area contributed by atoms with Gasteiger partial charge in [-0.1, -0.05) is 28.1 Å². The second kappa shape index (κ2) is 5.89. The highest BCUT2D eigenvalue weighted by molar-refractivity contribution is 9.10. The molecule has 2 N–H and O–H groups in total. The van der Waals surface area contributed by atoms with Crippen LogP contribution in [0.25, 0.3) is 0 Å². The molecular weight excluding hydrogens is 341 g/mol. The van der Waals surface area contributed by atoms with Crippen LogP contribution in [0.5, 0.6) is 11.5 Å². The summed E-state index contributed by atoms with van der Waals surface area (Å²) in [5.41, 5.74) is 8.00. The first-order valence-corrected chi connectivity index (χ1v) is 7.12. The molecule has 0 bridgehead atoms. The number of halogens is 2. The average molecular weight is 354 g/mol. The number of rotatable bonds is 3. The Morgan fingerprint density at radius 3 is 2.30 bits per heavy atom. The molecule has 0 heterocycles. The minimum absolute atomic E-state index is 0.145. The molecule has 5 heteroatoms. The molecule has 2 aromatic rings. The van der Waals surface area contributed by atoms with E-state index in [1.54, 1.807) is 6.07 Å². The highest BCUT2D eigenvalue weighted by atomic mass is 79.9. The van der Waals surface area contributed by atoms with Gasteiger partial charge in [-0.3, -0.25) is 0 Å². The summed E-state index contributed by atoms with van der Waals surface area (Å²) in [6.45, 7) is 3.91. The zero-order chi connectivity index (χ0) is 14.9. The third-order valence-electron chi connectivity index (χ3n) is 2.85. The Morgan fingerprint density at radius 1 is 1.20 bits per heavy atom. The molecule has 20 heavy (non-hydrogen) atoms. The van der Waals surface area contributed by atoms with Crippen molar-refractivity contribution in [1.82, 2.24) is 0 Å². The van der Waals surface area contributed by atoms with E-state index in [0.717, 1.165) is 15.6 Å². The first-order valence-electron chi connectivity index (χ1n) is 5.92. The Morgan fingerprint density at radius 2 is 1.80 bits per heavy atom. The Balaban J connectivity index is 2.33. The van der Waals surface area contributed by atoms with Crippen LogP contribution in [0, 0.1) is 19.7 Å². The smallest absolute Gasteiger partial charge is 0.166 e. The Labute approximate surface area is 130 Å². The predicted octanol–water partition coefficient (Wildman–Crippen LogP) is 4.63. The third-order valence-corrected chi connectivity index (χ3v) is 4.34. The van der Waals surface area contributed by atoms with Crippen molar-refractivity contribution in [3.63, 3.8) is 0 Å². The van der Waals surface area contributed by atoms with Gasteiger partial charge in [0.15, 0.2) is 11.6 Å². The van der Waals surface area contributed by atoms with Crippen LogP contribution in [0.1, 0.15) is 16.7 Å². The molecule has 2 rings (SSSR count). The minimum atomic E-state index is -0.492. The van der Waals surface area contributed by atoms with Crippen molar-refractivity contribution >= 4 is 33.1 Å². The van der Waals surface area contributed by atoms with Crippen LogP contribution in [0.2, 0.25) is 0 Å². The summed E-state index contributed by atoms with van der Waals surface area (Å²) in [7, 11) is 0. The topological polar surface area (TPSA) is 35.2 Å². The lowest BCUT2D eigenvalue weighted by Crippen LogP contribution is -2.09. The van der Waals surface area contributed by atoms with E-state index >= 15 is 0 Å². The maximum absolute atomic E-state index is 13.9. The first kappa shape index (κ1) is 14.9. The fourth-order valence-electron chi connectivity index (χ4n) is 1.83. The molecule has 0 unspecified atom stereocenters. The van der Waals surface area contributed by atoms with Gasteiger partial charge in [0.1, 0.15) is 10.7 Å². The zero-order valence-corrected chi connectivity index (χ0v) is 13.4. The van der Waals surface area contributed by atoms with Crippen molar-refractivity contribution < 1.29 is 9.13 Å². The van der Waals surface area contributed by atoms with Gasteiger partial charge in [0.05, 0.1) is 0 Å². The molecule has 0 saturated carbocycles. The molecule has 104 valence electrons. The van der Waals surface area contributed by atoms with E-state index in [0.29, 0.717) is 11.3 Å². The Hall–Kier alpha value is -1.46. The maximum Gasteiger partial charge on any atom is 0.166 e. The molecule has 2 aromatic carbocycles. The number of benzene rings is 2. The summed E-state index contributed by atoms with van der Waals surface area (Å²) in [6, 6.07) is 8.13. The fraction of sp³-hybridized carbons (Fsp3) is 0.133. The molecule has 0 amide bonds. The summed E-state index contributed by atoms with van der Waals surface area (Å²) < 4.78 is 20.5. The van der Waals surface area contributed by atoms with Crippen molar-refractivity contribution in [2.24, 2.45) is 5.73 Å². The molecule has 0 saturated heterocycles. The van der Waals surface area contributed by atoms with Gasteiger partial charge in [0.2, 0.25) is 0 Å². The molecular formula is C15H13BrFNOS. The molecule has 0 aliphatic carbocycles. The molecule has 2 nitrogen and oxygen atoms in total. The van der Waals surface area contributed by atoms with Crippen molar-refractivity contribution in [2.75, 3.05) is 0 Å².